The summed E-state index contributed by atoms with van der Waals surface area (Å²) >= 11 is 0. The van der Waals surface area contributed by atoms with Gasteiger partial charge in [0, 0.05) is 18.8 Å². The van der Waals surface area contributed by atoms with Crippen LogP contribution in [0.5, 0.6) is 0 Å². The van der Waals surface area contributed by atoms with E-state index in [1.54, 1.807) is 16.9 Å². The second-order valence-electron chi connectivity index (χ2n) is 4.00. The number of hydrogen-bond acceptors (Lipinski definition) is 3. The van der Waals surface area contributed by atoms with Crippen LogP contribution >= 0.6 is 0 Å². The zero-order valence-corrected chi connectivity index (χ0v) is 9.60. The highest BCUT2D eigenvalue weighted by molar-refractivity contribution is 5.21. The van der Waals surface area contributed by atoms with Crippen molar-refractivity contribution in [1.29, 1.82) is 0 Å². The highest BCUT2D eigenvalue weighted by atomic mass is 19.1. The van der Waals surface area contributed by atoms with Crippen LogP contribution < -0.4 is 11.3 Å². The van der Waals surface area contributed by atoms with Crippen molar-refractivity contribution in [1.82, 2.24) is 15.2 Å². The number of benzene rings is 1. The summed E-state index contributed by atoms with van der Waals surface area (Å²) in [4.78, 5) is 0. The average Bonchev–Trinajstić information content (AvgIpc) is 2.73. The van der Waals surface area contributed by atoms with Gasteiger partial charge in [0.1, 0.15) is 5.82 Å². The van der Waals surface area contributed by atoms with Gasteiger partial charge < -0.3 is 0 Å². The van der Waals surface area contributed by atoms with Gasteiger partial charge in [0.05, 0.1) is 12.2 Å². The molecule has 1 heterocycles. The first-order valence-electron chi connectivity index (χ1n) is 5.38. The molecule has 0 radical (unpaired) electrons. The number of rotatable bonds is 4. The molecule has 3 N–H and O–H groups in total. The highest BCUT2D eigenvalue weighted by Crippen LogP contribution is 2.17. The van der Waals surface area contributed by atoms with E-state index in [2.05, 4.69) is 10.5 Å². The Morgan fingerprint density at radius 2 is 2.35 bits per heavy atom. The lowest BCUT2D eigenvalue weighted by Crippen LogP contribution is -2.29. The summed E-state index contributed by atoms with van der Waals surface area (Å²) in [7, 11) is 1.85. The lowest BCUT2D eigenvalue weighted by atomic mass is 10.0. The number of nitrogens with two attached hydrogens (primary N) is 1. The Labute approximate surface area is 99.2 Å². The molecule has 1 atom stereocenters. The van der Waals surface area contributed by atoms with Crippen LogP contribution in [0, 0.1) is 5.82 Å². The van der Waals surface area contributed by atoms with Gasteiger partial charge in [-0.3, -0.25) is 16.0 Å². The molecule has 0 fully saturated rings. The molecule has 0 amide bonds. The van der Waals surface area contributed by atoms with E-state index in [0.717, 1.165) is 11.1 Å². The third-order valence-corrected chi connectivity index (χ3v) is 2.66. The first kappa shape index (κ1) is 11.8. The normalized spacial score (nSPS) is 12.6. The maximum Gasteiger partial charge on any atom is 0.123 e. The number of halogens is 1. The molecule has 2 rings (SSSR count). The van der Waals surface area contributed by atoms with Crippen LogP contribution in [0.1, 0.15) is 17.2 Å². The van der Waals surface area contributed by atoms with Gasteiger partial charge >= 0.3 is 0 Å². The van der Waals surface area contributed by atoms with Crippen LogP contribution in [0.4, 0.5) is 4.39 Å². The van der Waals surface area contributed by atoms with E-state index < -0.39 is 0 Å². The predicted molar refractivity (Wildman–Crippen MR) is 63.4 cm³/mol. The van der Waals surface area contributed by atoms with Crippen LogP contribution in [0.2, 0.25) is 0 Å². The van der Waals surface area contributed by atoms with Gasteiger partial charge in [-0.05, 0) is 24.1 Å². The molecule has 5 heteroatoms. The van der Waals surface area contributed by atoms with Gasteiger partial charge in [-0.2, -0.15) is 5.10 Å². The van der Waals surface area contributed by atoms with E-state index in [1.807, 2.05) is 19.3 Å². The molecule has 0 bridgehead atoms. The van der Waals surface area contributed by atoms with Crippen molar-refractivity contribution >= 4 is 0 Å². The predicted octanol–water partition coefficient (Wildman–Crippen LogP) is 1.31. The van der Waals surface area contributed by atoms with Crippen molar-refractivity contribution in [3.63, 3.8) is 0 Å². The average molecular weight is 234 g/mol. The van der Waals surface area contributed by atoms with Gasteiger partial charge in [0.15, 0.2) is 0 Å². The summed E-state index contributed by atoms with van der Waals surface area (Å²) < 4.78 is 14.8. The molecule has 1 unspecified atom stereocenters. The quantitative estimate of drug-likeness (QED) is 0.619. The van der Waals surface area contributed by atoms with Crippen molar-refractivity contribution in [2.24, 2.45) is 12.9 Å². The Balaban J connectivity index is 2.15. The first-order valence-corrected chi connectivity index (χ1v) is 5.38. The van der Waals surface area contributed by atoms with Gasteiger partial charge in [-0.1, -0.05) is 12.1 Å². The fourth-order valence-electron chi connectivity index (χ4n) is 1.79. The topological polar surface area (TPSA) is 55.9 Å². The molecule has 17 heavy (non-hydrogen) atoms. The maximum atomic E-state index is 13.1. The summed E-state index contributed by atoms with van der Waals surface area (Å²) in [6.07, 6.45) is 4.27. The molecule has 4 nitrogen and oxygen atoms in total. The number of aromatic nitrogens is 2. The molecule has 0 spiro atoms. The summed E-state index contributed by atoms with van der Waals surface area (Å²) in [5.41, 5.74) is 4.61. The minimum absolute atomic E-state index is 0.0644. The first-order chi connectivity index (χ1) is 8.19. The molecule has 0 aliphatic heterocycles. The third kappa shape index (κ3) is 2.89. The van der Waals surface area contributed by atoms with E-state index in [0.29, 0.717) is 6.42 Å². The SMILES string of the molecule is Cn1cc(C(Cc2cccc(F)c2)NN)cn1. The van der Waals surface area contributed by atoms with Crippen molar-refractivity contribution in [2.75, 3.05) is 0 Å². The van der Waals surface area contributed by atoms with Gasteiger partial charge in [-0.25, -0.2) is 4.39 Å². The van der Waals surface area contributed by atoms with Crippen molar-refractivity contribution in [3.8, 4) is 0 Å². The summed E-state index contributed by atoms with van der Waals surface area (Å²) in [5, 5.41) is 4.09. The van der Waals surface area contributed by atoms with E-state index >= 15 is 0 Å². The Hall–Kier alpha value is -1.72. The van der Waals surface area contributed by atoms with Gasteiger partial charge in [-0.15, -0.1) is 0 Å². The second kappa shape index (κ2) is 5.07. The monoisotopic (exact) mass is 234 g/mol. The van der Waals surface area contributed by atoms with E-state index in [4.69, 9.17) is 5.84 Å². The minimum atomic E-state index is -0.232. The zero-order chi connectivity index (χ0) is 12.3. The standard InChI is InChI=1S/C12H15FN4/c1-17-8-10(7-15-17)12(16-14)6-9-3-2-4-11(13)5-9/h2-5,7-8,12,16H,6,14H2,1H3. The molecule has 90 valence electrons. The Morgan fingerprint density at radius 1 is 1.53 bits per heavy atom. The highest BCUT2D eigenvalue weighted by Gasteiger charge is 2.12. The van der Waals surface area contributed by atoms with E-state index in [-0.39, 0.29) is 11.9 Å². The largest absolute Gasteiger partial charge is 0.275 e. The molecular formula is C12H15FN4. The lowest BCUT2D eigenvalue weighted by Gasteiger charge is -2.14. The summed E-state index contributed by atoms with van der Waals surface area (Å²) in [6.45, 7) is 0. The Morgan fingerprint density at radius 3 is 2.94 bits per heavy atom. The number of aryl methyl sites for hydroxylation is 1. The smallest absolute Gasteiger partial charge is 0.123 e. The van der Waals surface area contributed by atoms with Crippen molar-refractivity contribution < 1.29 is 4.39 Å². The molecule has 0 saturated carbocycles. The molecule has 1 aromatic carbocycles. The summed E-state index contributed by atoms with van der Waals surface area (Å²) in [6, 6.07) is 6.45. The fraction of sp³-hybridized carbons (Fsp3) is 0.250. The van der Waals surface area contributed by atoms with E-state index in [1.165, 1.54) is 12.1 Å². The summed E-state index contributed by atoms with van der Waals surface area (Å²) in [5.74, 6) is 5.29. The molecule has 0 aliphatic rings. The molecule has 2 aromatic rings. The van der Waals surface area contributed by atoms with Gasteiger partial charge in [0.25, 0.3) is 0 Å². The Bertz CT molecular complexity index is 495. The third-order valence-electron chi connectivity index (χ3n) is 2.66. The van der Waals surface area contributed by atoms with Gasteiger partial charge in [0.2, 0.25) is 0 Å². The second-order valence-corrected chi connectivity index (χ2v) is 4.00. The zero-order valence-electron chi connectivity index (χ0n) is 9.60. The van der Waals surface area contributed by atoms with Crippen LogP contribution in [0.25, 0.3) is 0 Å². The number of nitrogens with zero attached hydrogens (tertiary/aromatic N) is 2. The molecular weight excluding hydrogens is 219 g/mol. The fourth-order valence-corrected chi connectivity index (χ4v) is 1.79. The van der Waals surface area contributed by atoms with Crippen LogP contribution in [-0.2, 0) is 13.5 Å². The lowest BCUT2D eigenvalue weighted by molar-refractivity contribution is 0.548. The van der Waals surface area contributed by atoms with Crippen LogP contribution in [-0.4, -0.2) is 9.78 Å². The molecule has 1 aromatic heterocycles. The van der Waals surface area contributed by atoms with Crippen molar-refractivity contribution in [2.45, 2.75) is 12.5 Å². The minimum Gasteiger partial charge on any atom is -0.275 e. The molecule has 0 saturated heterocycles. The number of hydrazine groups is 1. The molecule has 0 aliphatic carbocycles. The van der Waals surface area contributed by atoms with Crippen molar-refractivity contribution in [3.05, 3.63) is 53.6 Å². The van der Waals surface area contributed by atoms with Crippen LogP contribution in [0.3, 0.4) is 0 Å². The van der Waals surface area contributed by atoms with E-state index in [9.17, 15) is 4.39 Å². The maximum absolute atomic E-state index is 13.1. The Kier molecular flexibility index (Phi) is 3.51. The van der Waals surface area contributed by atoms with Crippen LogP contribution in [0.15, 0.2) is 36.7 Å². The number of hydrogen-bond donors (Lipinski definition) is 2. The number of nitrogens with one attached hydrogen (secondary N) is 1.